The molecule has 0 radical (unpaired) electrons. The lowest BCUT2D eigenvalue weighted by Crippen LogP contribution is -2.32. The average molecular weight is 277 g/mol. The maximum Gasteiger partial charge on any atom is 0.228 e. The Labute approximate surface area is 95.8 Å². The molecule has 1 atom stereocenters. The number of nitrogens with one attached hydrogen (secondary N) is 1. The molecule has 3 N–H and O–H groups in total. The average Bonchev–Trinajstić information content (AvgIpc) is 2.60. The molecule has 0 aliphatic heterocycles. The van der Waals surface area contributed by atoms with E-state index in [9.17, 15) is 4.79 Å². The lowest BCUT2D eigenvalue weighted by molar-refractivity contribution is -0.122. The Morgan fingerprint density at radius 2 is 2.50 bits per heavy atom. The summed E-state index contributed by atoms with van der Waals surface area (Å²) < 4.78 is 1.02. The zero-order chi connectivity index (χ0) is 10.6. The van der Waals surface area contributed by atoms with E-state index in [1.807, 2.05) is 18.4 Å². The lowest BCUT2D eigenvalue weighted by atomic mass is 10.1. The number of amides is 1. The highest BCUT2D eigenvalue weighted by Crippen LogP contribution is 2.26. The smallest absolute Gasteiger partial charge is 0.228 e. The number of thiophene rings is 1. The number of carbonyl (C=O) groups is 1. The molecule has 1 amide bonds. The van der Waals surface area contributed by atoms with Gasteiger partial charge in [0.2, 0.25) is 5.91 Å². The van der Waals surface area contributed by atoms with Crippen molar-refractivity contribution >= 4 is 33.2 Å². The third kappa shape index (κ3) is 3.08. The van der Waals surface area contributed by atoms with Crippen LogP contribution in [0.4, 0.5) is 0 Å². The maximum atomic E-state index is 11.5. The quantitative estimate of drug-likeness (QED) is 0.880. The van der Waals surface area contributed by atoms with Gasteiger partial charge in [-0.05, 0) is 28.9 Å². The van der Waals surface area contributed by atoms with Gasteiger partial charge in [0.15, 0.2) is 0 Å². The van der Waals surface area contributed by atoms with Gasteiger partial charge in [-0.3, -0.25) is 4.79 Å². The standard InChI is InChI=1S/C9H13BrN2OS/c1-6(9(13)12-3-2-11)8-4-7(10)5-14-8/h4-6H,2-3,11H2,1H3,(H,12,13). The van der Waals surface area contributed by atoms with Gasteiger partial charge >= 0.3 is 0 Å². The van der Waals surface area contributed by atoms with Crippen molar-refractivity contribution in [1.82, 2.24) is 5.32 Å². The van der Waals surface area contributed by atoms with Crippen LogP contribution in [-0.2, 0) is 4.79 Å². The van der Waals surface area contributed by atoms with E-state index >= 15 is 0 Å². The van der Waals surface area contributed by atoms with E-state index in [1.165, 1.54) is 0 Å². The lowest BCUT2D eigenvalue weighted by Gasteiger charge is -2.09. The van der Waals surface area contributed by atoms with Crippen LogP contribution < -0.4 is 11.1 Å². The van der Waals surface area contributed by atoms with Crippen LogP contribution in [-0.4, -0.2) is 19.0 Å². The Hall–Kier alpha value is -0.390. The molecular weight excluding hydrogens is 264 g/mol. The number of hydrogen-bond donors (Lipinski definition) is 2. The van der Waals surface area contributed by atoms with Crippen molar-refractivity contribution in [3.8, 4) is 0 Å². The van der Waals surface area contributed by atoms with Gasteiger partial charge in [0.1, 0.15) is 0 Å². The molecule has 0 saturated heterocycles. The van der Waals surface area contributed by atoms with E-state index in [-0.39, 0.29) is 11.8 Å². The fourth-order valence-corrected chi connectivity index (χ4v) is 2.53. The van der Waals surface area contributed by atoms with Crippen LogP contribution in [0.2, 0.25) is 0 Å². The summed E-state index contributed by atoms with van der Waals surface area (Å²) in [6, 6.07) is 1.97. The summed E-state index contributed by atoms with van der Waals surface area (Å²) >= 11 is 4.94. The van der Waals surface area contributed by atoms with Gasteiger partial charge in [0, 0.05) is 27.8 Å². The summed E-state index contributed by atoms with van der Waals surface area (Å²) in [6.07, 6.45) is 0. The van der Waals surface area contributed by atoms with Gasteiger partial charge in [0.25, 0.3) is 0 Å². The van der Waals surface area contributed by atoms with Gasteiger partial charge in [-0.1, -0.05) is 0 Å². The molecule has 0 aliphatic carbocycles. The highest BCUT2D eigenvalue weighted by molar-refractivity contribution is 9.10. The molecule has 14 heavy (non-hydrogen) atoms. The third-order valence-electron chi connectivity index (χ3n) is 1.85. The Morgan fingerprint density at radius 3 is 3.00 bits per heavy atom. The highest BCUT2D eigenvalue weighted by atomic mass is 79.9. The first-order chi connectivity index (χ1) is 6.65. The van der Waals surface area contributed by atoms with Crippen molar-refractivity contribution in [3.05, 3.63) is 20.8 Å². The van der Waals surface area contributed by atoms with E-state index in [1.54, 1.807) is 11.3 Å². The molecule has 0 aliphatic rings. The van der Waals surface area contributed by atoms with Crippen molar-refractivity contribution in [3.63, 3.8) is 0 Å². The van der Waals surface area contributed by atoms with Crippen molar-refractivity contribution < 1.29 is 4.79 Å². The van der Waals surface area contributed by atoms with Gasteiger partial charge < -0.3 is 11.1 Å². The van der Waals surface area contributed by atoms with Crippen LogP contribution in [0.15, 0.2) is 15.9 Å². The number of rotatable bonds is 4. The Kier molecular flexibility index (Phi) is 4.57. The van der Waals surface area contributed by atoms with Gasteiger partial charge in [-0.15, -0.1) is 11.3 Å². The van der Waals surface area contributed by atoms with Crippen molar-refractivity contribution in [1.29, 1.82) is 0 Å². The molecule has 0 aromatic carbocycles. The first kappa shape index (κ1) is 11.7. The van der Waals surface area contributed by atoms with Gasteiger partial charge in [-0.25, -0.2) is 0 Å². The van der Waals surface area contributed by atoms with Crippen LogP contribution in [0.3, 0.4) is 0 Å². The summed E-state index contributed by atoms with van der Waals surface area (Å²) in [4.78, 5) is 12.6. The van der Waals surface area contributed by atoms with Crippen molar-refractivity contribution in [2.24, 2.45) is 5.73 Å². The van der Waals surface area contributed by atoms with E-state index in [4.69, 9.17) is 5.73 Å². The van der Waals surface area contributed by atoms with Crippen LogP contribution in [0.25, 0.3) is 0 Å². The molecule has 1 rings (SSSR count). The van der Waals surface area contributed by atoms with Crippen molar-refractivity contribution in [2.45, 2.75) is 12.8 Å². The van der Waals surface area contributed by atoms with Crippen LogP contribution in [0.1, 0.15) is 17.7 Å². The topological polar surface area (TPSA) is 55.1 Å². The Bertz CT molecular complexity index is 314. The molecular formula is C9H13BrN2OS. The Balaban J connectivity index is 2.56. The summed E-state index contributed by atoms with van der Waals surface area (Å²) in [5.74, 6) is -0.0670. The van der Waals surface area contributed by atoms with Crippen molar-refractivity contribution in [2.75, 3.05) is 13.1 Å². The molecule has 1 unspecified atom stereocenters. The van der Waals surface area contributed by atoms with E-state index in [0.29, 0.717) is 13.1 Å². The van der Waals surface area contributed by atoms with Crippen LogP contribution in [0.5, 0.6) is 0 Å². The highest BCUT2D eigenvalue weighted by Gasteiger charge is 2.15. The van der Waals surface area contributed by atoms with E-state index < -0.39 is 0 Å². The third-order valence-corrected chi connectivity index (χ3v) is 3.73. The molecule has 78 valence electrons. The minimum absolute atomic E-state index is 0.0322. The molecule has 1 aromatic heterocycles. The van der Waals surface area contributed by atoms with E-state index in [0.717, 1.165) is 9.35 Å². The number of carbonyl (C=O) groups excluding carboxylic acids is 1. The SMILES string of the molecule is CC(C(=O)NCCN)c1cc(Br)cs1. The first-order valence-electron chi connectivity index (χ1n) is 4.37. The minimum Gasteiger partial charge on any atom is -0.354 e. The minimum atomic E-state index is -0.0992. The molecule has 1 heterocycles. The molecule has 5 heteroatoms. The van der Waals surface area contributed by atoms with Crippen LogP contribution >= 0.6 is 27.3 Å². The van der Waals surface area contributed by atoms with E-state index in [2.05, 4.69) is 21.2 Å². The zero-order valence-corrected chi connectivity index (χ0v) is 10.3. The molecule has 0 spiro atoms. The molecule has 0 bridgehead atoms. The summed E-state index contributed by atoms with van der Waals surface area (Å²) in [5, 5.41) is 4.74. The largest absolute Gasteiger partial charge is 0.354 e. The fraction of sp³-hybridized carbons (Fsp3) is 0.444. The number of nitrogens with two attached hydrogens (primary N) is 1. The van der Waals surface area contributed by atoms with Gasteiger partial charge in [0.05, 0.1) is 5.92 Å². The summed E-state index contributed by atoms with van der Waals surface area (Å²) in [5.41, 5.74) is 5.30. The second-order valence-corrected chi connectivity index (χ2v) is 4.83. The molecule has 0 fully saturated rings. The second kappa shape index (κ2) is 5.48. The molecule has 1 aromatic rings. The van der Waals surface area contributed by atoms with Crippen LogP contribution in [0, 0.1) is 0 Å². The predicted molar refractivity (Wildman–Crippen MR) is 62.5 cm³/mol. The summed E-state index contributed by atoms with van der Waals surface area (Å²) in [7, 11) is 0. The fourth-order valence-electron chi connectivity index (χ4n) is 1.03. The first-order valence-corrected chi connectivity index (χ1v) is 6.04. The molecule has 3 nitrogen and oxygen atoms in total. The maximum absolute atomic E-state index is 11.5. The molecule has 0 saturated carbocycles. The number of halogens is 1. The predicted octanol–water partition coefficient (Wildman–Crippen LogP) is 1.69. The second-order valence-electron chi connectivity index (χ2n) is 2.97. The summed E-state index contributed by atoms with van der Waals surface area (Å²) in [6.45, 7) is 2.91. The Morgan fingerprint density at radius 1 is 1.79 bits per heavy atom. The zero-order valence-electron chi connectivity index (χ0n) is 7.92. The van der Waals surface area contributed by atoms with Gasteiger partial charge in [-0.2, -0.15) is 0 Å². The number of hydrogen-bond acceptors (Lipinski definition) is 3. The monoisotopic (exact) mass is 276 g/mol. The normalized spacial score (nSPS) is 12.5.